The number of nitrogens with zero attached hydrogens (tertiary/aromatic N) is 3. The van der Waals surface area contributed by atoms with Crippen molar-refractivity contribution < 1.29 is 14.3 Å². The van der Waals surface area contributed by atoms with Crippen molar-refractivity contribution >= 4 is 29.3 Å². The number of rotatable bonds is 8. The van der Waals surface area contributed by atoms with E-state index in [4.69, 9.17) is 10.6 Å². The molecule has 0 fully saturated rings. The molecule has 0 spiro atoms. The van der Waals surface area contributed by atoms with E-state index < -0.39 is 5.97 Å². The molecule has 1 aromatic carbocycles. The molecule has 3 N–H and O–H groups in total. The number of aromatic nitrogens is 3. The predicted octanol–water partition coefficient (Wildman–Crippen LogP) is 1.85. The maximum absolute atomic E-state index is 12.2. The molecule has 1 amide bonds. The molecular formula is C16H21N5O3S. The van der Waals surface area contributed by atoms with Crippen LogP contribution in [-0.4, -0.2) is 39.1 Å². The van der Waals surface area contributed by atoms with Crippen molar-refractivity contribution in [1.29, 1.82) is 0 Å². The van der Waals surface area contributed by atoms with Crippen molar-refractivity contribution in [2.24, 2.45) is 0 Å². The number of amides is 1. The van der Waals surface area contributed by atoms with Gasteiger partial charge in [-0.1, -0.05) is 37.7 Å². The summed E-state index contributed by atoms with van der Waals surface area (Å²) in [5.41, 5.74) is 0.738. The maximum Gasteiger partial charge on any atom is 0.340 e. The summed E-state index contributed by atoms with van der Waals surface area (Å²) in [4.78, 5) is 24.2. The fourth-order valence-corrected chi connectivity index (χ4v) is 2.68. The molecule has 0 aliphatic rings. The Labute approximate surface area is 150 Å². The minimum Gasteiger partial charge on any atom is -0.462 e. The third-order valence-electron chi connectivity index (χ3n) is 3.24. The molecule has 0 bridgehead atoms. The first-order valence-corrected chi connectivity index (χ1v) is 8.93. The highest BCUT2D eigenvalue weighted by Gasteiger charge is 2.15. The molecule has 0 atom stereocenters. The summed E-state index contributed by atoms with van der Waals surface area (Å²) >= 11 is 1.17. The summed E-state index contributed by atoms with van der Waals surface area (Å²) in [6.45, 7) is 4.17. The molecule has 0 saturated heterocycles. The van der Waals surface area contributed by atoms with E-state index in [-0.39, 0.29) is 11.7 Å². The highest BCUT2D eigenvalue weighted by atomic mass is 32.2. The van der Waals surface area contributed by atoms with Gasteiger partial charge >= 0.3 is 5.97 Å². The van der Waals surface area contributed by atoms with Crippen molar-refractivity contribution in [3.8, 4) is 0 Å². The van der Waals surface area contributed by atoms with E-state index in [0.717, 1.165) is 6.42 Å². The van der Waals surface area contributed by atoms with Crippen molar-refractivity contribution in [2.45, 2.75) is 31.8 Å². The van der Waals surface area contributed by atoms with Crippen molar-refractivity contribution in [1.82, 2.24) is 14.9 Å². The van der Waals surface area contributed by atoms with E-state index in [9.17, 15) is 9.59 Å². The van der Waals surface area contributed by atoms with Crippen molar-refractivity contribution in [3.05, 3.63) is 35.7 Å². The van der Waals surface area contributed by atoms with Gasteiger partial charge in [0.1, 0.15) is 0 Å². The van der Waals surface area contributed by atoms with Gasteiger partial charge < -0.3 is 15.9 Å². The lowest BCUT2D eigenvalue weighted by molar-refractivity contribution is -0.113. The Bertz CT molecular complexity index is 747. The zero-order valence-electron chi connectivity index (χ0n) is 14.2. The van der Waals surface area contributed by atoms with Crippen LogP contribution in [0.5, 0.6) is 0 Å². The Morgan fingerprint density at radius 3 is 2.72 bits per heavy atom. The van der Waals surface area contributed by atoms with Gasteiger partial charge in [0, 0.05) is 6.42 Å². The molecule has 1 heterocycles. The number of nitrogens with one attached hydrogen (secondary N) is 1. The van der Waals surface area contributed by atoms with Crippen molar-refractivity contribution in [2.75, 3.05) is 23.5 Å². The lowest BCUT2D eigenvalue weighted by Gasteiger charge is -2.10. The normalized spacial score (nSPS) is 10.5. The van der Waals surface area contributed by atoms with Crippen LogP contribution < -0.4 is 11.2 Å². The van der Waals surface area contributed by atoms with Crippen LogP contribution in [0.3, 0.4) is 0 Å². The Morgan fingerprint density at radius 1 is 1.28 bits per heavy atom. The van der Waals surface area contributed by atoms with E-state index in [1.54, 1.807) is 24.3 Å². The average Bonchev–Trinajstić information content (AvgIpc) is 2.98. The van der Waals surface area contributed by atoms with E-state index in [2.05, 4.69) is 15.5 Å². The second-order valence-corrected chi connectivity index (χ2v) is 6.08. The number of carbonyl (C=O) groups excluding carboxylic acids is 2. The molecule has 0 unspecified atom stereocenters. The molecule has 0 aliphatic heterocycles. The first kappa shape index (κ1) is 18.8. The number of thioether (sulfide) groups is 1. The van der Waals surface area contributed by atoms with E-state index in [0.29, 0.717) is 35.3 Å². The number of para-hydroxylation sites is 1. The molecule has 2 rings (SSSR count). The van der Waals surface area contributed by atoms with Gasteiger partial charge in [0.2, 0.25) is 11.1 Å². The van der Waals surface area contributed by atoms with E-state index >= 15 is 0 Å². The minimum atomic E-state index is -0.459. The summed E-state index contributed by atoms with van der Waals surface area (Å²) in [6.07, 6.45) is 1.39. The van der Waals surface area contributed by atoms with Crippen LogP contribution in [0.15, 0.2) is 29.4 Å². The highest BCUT2D eigenvalue weighted by Crippen LogP contribution is 2.19. The van der Waals surface area contributed by atoms with Crippen LogP contribution in [0.25, 0.3) is 0 Å². The minimum absolute atomic E-state index is 0.0946. The molecule has 25 heavy (non-hydrogen) atoms. The van der Waals surface area contributed by atoms with Gasteiger partial charge in [-0.2, -0.15) is 0 Å². The monoisotopic (exact) mass is 363 g/mol. The second kappa shape index (κ2) is 9.07. The lowest BCUT2D eigenvalue weighted by atomic mass is 10.2. The number of benzene rings is 1. The van der Waals surface area contributed by atoms with Crippen LogP contribution in [0.1, 0.15) is 36.5 Å². The smallest absolute Gasteiger partial charge is 0.340 e. The predicted molar refractivity (Wildman–Crippen MR) is 95.9 cm³/mol. The fraction of sp³-hybridized carbons (Fsp3) is 0.375. The third kappa shape index (κ3) is 4.96. The van der Waals surface area contributed by atoms with Gasteiger partial charge in [0.25, 0.3) is 0 Å². The van der Waals surface area contributed by atoms with E-state index in [1.807, 2.05) is 13.8 Å². The van der Waals surface area contributed by atoms with Gasteiger partial charge in [-0.25, -0.2) is 9.47 Å². The van der Waals surface area contributed by atoms with Gasteiger partial charge in [-0.15, -0.1) is 10.2 Å². The largest absolute Gasteiger partial charge is 0.462 e. The Morgan fingerprint density at radius 2 is 2.04 bits per heavy atom. The van der Waals surface area contributed by atoms with Gasteiger partial charge in [0.05, 0.1) is 23.6 Å². The summed E-state index contributed by atoms with van der Waals surface area (Å²) < 4.78 is 6.50. The fourth-order valence-electron chi connectivity index (χ4n) is 2.01. The molecule has 0 radical (unpaired) electrons. The molecule has 8 nitrogen and oxygen atoms in total. The number of nitrogens with two attached hydrogens (primary N) is 1. The third-order valence-corrected chi connectivity index (χ3v) is 4.19. The van der Waals surface area contributed by atoms with Gasteiger partial charge in [-0.3, -0.25) is 4.79 Å². The molecular weight excluding hydrogens is 342 g/mol. The highest BCUT2D eigenvalue weighted by molar-refractivity contribution is 7.99. The molecule has 0 aliphatic carbocycles. The van der Waals surface area contributed by atoms with Crippen LogP contribution in [0, 0.1) is 0 Å². The summed E-state index contributed by atoms with van der Waals surface area (Å²) in [5.74, 6) is 5.85. The second-order valence-electron chi connectivity index (χ2n) is 5.14. The Balaban J connectivity index is 1.98. The topological polar surface area (TPSA) is 112 Å². The standard InChI is InChI=1S/C16H21N5O3S/c1-3-9-24-15(23)11-7-5-6-8-12(11)18-14(22)10-25-16-20-19-13(4-2)21(16)17/h5-8H,3-4,9-10,17H2,1-2H3,(H,18,22). The van der Waals surface area contributed by atoms with Crippen LogP contribution >= 0.6 is 11.8 Å². The molecule has 9 heteroatoms. The molecule has 0 saturated carbocycles. The number of anilines is 1. The summed E-state index contributed by atoms with van der Waals surface area (Å²) in [5, 5.41) is 11.1. The van der Waals surface area contributed by atoms with Crippen LogP contribution in [0.4, 0.5) is 5.69 Å². The van der Waals surface area contributed by atoms with Crippen LogP contribution in [-0.2, 0) is 16.0 Å². The molecule has 2 aromatic rings. The number of hydrogen-bond donors (Lipinski definition) is 2. The number of ether oxygens (including phenoxy) is 1. The Kier molecular flexibility index (Phi) is 6.81. The number of aryl methyl sites for hydroxylation is 1. The number of hydrogen-bond acceptors (Lipinski definition) is 7. The van der Waals surface area contributed by atoms with Gasteiger partial charge in [-0.05, 0) is 18.6 Å². The summed E-state index contributed by atoms with van der Waals surface area (Å²) in [6, 6.07) is 6.73. The maximum atomic E-state index is 12.2. The number of esters is 1. The molecule has 134 valence electrons. The Hall–Kier alpha value is -2.55. The quantitative estimate of drug-likeness (QED) is 0.418. The lowest BCUT2D eigenvalue weighted by Crippen LogP contribution is -2.19. The zero-order valence-corrected chi connectivity index (χ0v) is 15.0. The average molecular weight is 363 g/mol. The number of carbonyl (C=O) groups is 2. The zero-order chi connectivity index (χ0) is 18.2. The number of nitrogen functional groups attached to an aromatic ring is 1. The first-order chi connectivity index (χ1) is 12.1. The van der Waals surface area contributed by atoms with Crippen LogP contribution in [0.2, 0.25) is 0 Å². The molecule has 1 aromatic heterocycles. The van der Waals surface area contributed by atoms with E-state index in [1.165, 1.54) is 16.4 Å². The van der Waals surface area contributed by atoms with Crippen molar-refractivity contribution in [3.63, 3.8) is 0 Å². The SMILES string of the molecule is CCCOC(=O)c1ccccc1NC(=O)CSc1nnc(CC)n1N. The summed E-state index contributed by atoms with van der Waals surface area (Å²) in [7, 11) is 0. The first-order valence-electron chi connectivity index (χ1n) is 7.95. The van der Waals surface area contributed by atoms with Gasteiger partial charge in [0.15, 0.2) is 5.82 Å².